The van der Waals surface area contributed by atoms with Crippen LogP contribution in [0, 0.1) is 0 Å². The topological polar surface area (TPSA) is 35.5 Å². The Bertz CT molecular complexity index is 122. The van der Waals surface area contributed by atoms with Gasteiger partial charge in [0.25, 0.3) is 8.32 Å². The first-order valence-corrected chi connectivity index (χ1v) is 6.80. The fourth-order valence-corrected chi connectivity index (χ4v) is 4.66. The van der Waals surface area contributed by atoms with Crippen LogP contribution < -0.4 is 0 Å². The van der Waals surface area contributed by atoms with E-state index in [-0.39, 0.29) is 0 Å². The van der Waals surface area contributed by atoms with Crippen LogP contribution in [0.1, 0.15) is 0 Å². The molecule has 0 spiro atoms. The van der Waals surface area contributed by atoms with Gasteiger partial charge in [-0.05, 0) is 13.1 Å². The van der Waals surface area contributed by atoms with E-state index in [1.807, 2.05) is 13.1 Å². The molecule has 0 radical (unpaired) electrons. The van der Waals surface area contributed by atoms with Gasteiger partial charge in [0.15, 0.2) is 0 Å². The van der Waals surface area contributed by atoms with Crippen molar-refractivity contribution >= 4 is 17.5 Å². The molecule has 1 rings (SSSR count). The molecule has 0 amide bonds. The Labute approximate surface area is 50.6 Å². The summed E-state index contributed by atoms with van der Waals surface area (Å²) in [5.74, 6) is 0. The summed E-state index contributed by atoms with van der Waals surface area (Å²) in [5, 5.41) is 0. The minimum Gasteiger partial charge on any atom is -0.548 e. The molecule has 0 N–H and O–H groups in total. The van der Waals surface area contributed by atoms with E-state index in [2.05, 4.69) is 0 Å². The summed E-state index contributed by atoms with van der Waals surface area (Å²) < 4.78 is 20.2. The summed E-state index contributed by atoms with van der Waals surface area (Å²) in [6, 6.07) is 0. The molecule has 0 aromatic heterocycles. The molecule has 5 heteroatoms. The first-order chi connectivity index (χ1) is 3.60. The van der Waals surface area contributed by atoms with Gasteiger partial charge in [0.2, 0.25) is 0 Å². The highest BCUT2D eigenvalue weighted by atomic mass is 28.4. The summed E-state index contributed by atoms with van der Waals surface area (Å²) in [4.78, 5) is 0. The molecule has 1 heterocycles. The average molecular weight is 148 g/mol. The first kappa shape index (κ1) is 5.96. The van der Waals surface area contributed by atoms with Crippen molar-refractivity contribution in [3.05, 3.63) is 0 Å². The maximum absolute atomic E-state index is 10.4. The van der Waals surface area contributed by atoms with E-state index in [0.717, 1.165) is 0 Å². The smallest absolute Gasteiger partial charge is 0.548 e. The minimum absolute atomic E-state index is 0.588. The third-order valence-corrected chi connectivity index (χ3v) is 5.28. The molecular formula is C3H8O3Si2. The van der Waals surface area contributed by atoms with Crippen LogP contribution in [-0.4, -0.2) is 23.7 Å². The van der Waals surface area contributed by atoms with Crippen molar-refractivity contribution in [3.8, 4) is 0 Å². The van der Waals surface area contributed by atoms with E-state index >= 15 is 0 Å². The van der Waals surface area contributed by atoms with Crippen LogP contribution in [0.4, 0.5) is 0 Å². The Balaban J connectivity index is 2.56. The molecule has 3 nitrogen and oxygen atoms in total. The molecule has 0 atom stereocenters. The van der Waals surface area contributed by atoms with Gasteiger partial charge in [-0.25, -0.2) is 0 Å². The molecular weight excluding hydrogens is 140 g/mol. The van der Waals surface area contributed by atoms with E-state index in [4.69, 9.17) is 8.54 Å². The largest absolute Gasteiger partial charge is 0.751 e. The van der Waals surface area contributed by atoms with E-state index in [9.17, 15) is 4.46 Å². The molecule has 0 bridgehead atoms. The Morgan fingerprint density at radius 2 is 2.25 bits per heavy atom. The van der Waals surface area contributed by atoms with Crippen LogP contribution in [0.3, 0.4) is 0 Å². The van der Waals surface area contributed by atoms with Crippen LogP contribution in [0.25, 0.3) is 0 Å². The maximum Gasteiger partial charge on any atom is 0.751 e. The van der Waals surface area contributed by atoms with Gasteiger partial charge >= 0.3 is 9.17 Å². The lowest BCUT2D eigenvalue weighted by Gasteiger charge is -2.07. The predicted octanol–water partition coefficient (Wildman–Crippen LogP) is 0.193. The van der Waals surface area contributed by atoms with Crippen molar-refractivity contribution in [3.63, 3.8) is 0 Å². The second-order valence-corrected chi connectivity index (χ2v) is 7.81. The molecule has 0 aromatic carbocycles. The Kier molecular flexibility index (Phi) is 1.24. The molecule has 1 aliphatic heterocycles. The van der Waals surface area contributed by atoms with Crippen molar-refractivity contribution in [1.82, 2.24) is 0 Å². The summed E-state index contributed by atoms with van der Waals surface area (Å²) >= 11 is 0. The van der Waals surface area contributed by atoms with Crippen LogP contribution in [0.2, 0.25) is 13.1 Å². The van der Waals surface area contributed by atoms with Gasteiger partial charge in [-0.15, -0.1) is 0 Å². The van der Waals surface area contributed by atoms with Gasteiger partial charge in [-0.3, -0.25) is 4.46 Å². The van der Waals surface area contributed by atoms with E-state index < -0.39 is 17.5 Å². The third-order valence-electron chi connectivity index (χ3n) is 0.897. The Hall–Kier alpha value is -0.166. The van der Waals surface area contributed by atoms with E-state index in [1.165, 1.54) is 0 Å². The zero-order valence-corrected chi connectivity index (χ0v) is 6.93. The lowest BCUT2D eigenvalue weighted by molar-refractivity contribution is 0.317. The predicted molar refractivity (Wildman–Crippen MR) is 31.0 cm³/mol. The van der Waals surface area contributed by atoms with Crippen molar-refractivity contribution in [1.29, 1.82) is 0 Å². The molecule has 8 heavy (non-hydrogen) atoms. The van der Waals surface area contributed by atoms with Gasteiger partial charge in [0.05, 0.1) is 0 Å². The van der Waals surface area contributed by atoms with Crippen molar-refractivity contribution in [2.75, 3.05) is 6.23 Å². The molecule has 1 aliphatic rings. The van der Waals surface area contributed by atoms with Crippen LogP contribution in [0.15, 0.2) is 0 Å². The number of hydrogen-bond donors (Lipinski definition) is 0. The van der Waals surface area contributed by atoms with E-state index in [1.54, 1.807) is 0 Å². The highest BCUT2D eigenvalue weighted by Gasteiger charge is 2.37. The zero-order valence-electron chi connectivity index (χ0n) is 4.93. The van der Waals surface area contributed by atoms with Crippen LogP contribution >= 0.6 is 0 Å². The second kappa shape index (κ2) is 1.66. The third kappa shape index (κ3) is 1.16. The standard InChI is InChI=1S/C3H8O3Si2/c1-8(2)3-5-7(4)6-8/h3H2,1-2H3. The van der Waals surface area contributed by atoms with Crippen LogP contribution in [0.5, 0.6) is 0 Å². The van der Waals surface area contributed by atoms with Gasteiger partial charge < -0.3 is 8.54 Å². The molecule has 46 valence electrons. The van der Waals surface area contributed by atoms with Gasteiger partial charge in [0, 0.05) is 0 Å². The fourth-order valence-electron chi connectivity index (χ4n) is 0.517. The SMILES string of the molecule is C[Si]1(C)CO[Si](=O)O1. The number of hydrogen-bond acceptors (Lipinski definition) is 3. The summed E-state index contributed by atoms with van der Waals surface area (Å²) in [5.41, 5.74) is 0. The summed E-state index contributed by atoms with van der Waals surface area (Å²) in [6.07, 6.45) is 0.588. The van der Waals surface area contributed by atoms with Gasteiger partial charge in [-0.1, -0.05) is 0 Å². The average Bonchev–Trinajstić information content (AvgIpc) is 1.82. The summed E-state index contributed by atoms with van der Waals surface area (Å²) in [7, 11) is -3.64. The minimum atomic E-state index is -2.05. The van der Waals surface area contributed by atoms with Crippen molar-refractivity contribution in [2.24, 2.45) is 0 Å². The van der Waals surface area contributed by atoms with Gasteiger partial charge in [-0.2, -0.15) is 0 Å². The quantitative estimate of drug-likeness (QED) is 0.460. The first-order valence-electron chi connectivity index (χ1n) is 2.46. The highest BCUT2D eigenvalue weighted by Crippen LogP contribution is 2.10. The molecule has 1 saturated heterocycles. The molecule has 0 saturated carbocycles. The summed E-state index contributed by atoms with van der Waals surface area (Å²) in [6.45, 7) is 3.98. The molecule has 1 fully saturated rings. The maximum atomic E-state index is 10.4. The monoisotopic (exact) mass is 148 g/mol. The van der Waals surface area contributed by atoms with Crippen molar-refractivity contribution in [2.45, 2.75) is 13.1 Å². The van der Waals surface area contributed by atoms with Crippen molar-refractivity contribution < 1.29 is 13.0 Å². The number of rotatable bonds is 0. The van der Waals surface area contributed by atoms with E-state index in [0.29, 0.717) is 6.23 Å². The Morgan fingerprint density at radius 1 is 1.62 bits per heavy atom. The Morgan fingerprint density at radius 3 is 2.38 bits per heavy atom. The molecule has 0 aliphatic carbocycles. The lowest BCUT2D eigenvalue weighted by atomic mass is 11.7. The fraction of sp³-hybridized carbons (Fsp3) is 1.00. The van der Waals surface area contributed by atoms with Crippen LogP contribution in [-0.2, 0) is 13.0 Å². The van der Waals surface area contributed by atoms with Gasteiger partial charge in [0.1, 0.15) is 6.23 Å². The zero-order chi connectivity index (χ0) is 6.20. The lowest BCUT2D eigenvalue weighted by Crippen LogP contribution is -2.29. The molecule has 0 aromatic rings. The molecule has 0 unspecified atom stereocenters. The highest BCUT2D eigenvalue weighted by molar-refractivity contribution is 6.77. The second-order valence-electron chi connectivity index (χ2n) is 2.40. The normalized spacial score (nSPS) is 24.5.